The van der Waals surface area contributed by atoms with Crippen molar-refractivity contribution in [3.05, 3.63) is 12.3 Å². The molecule has 126 heavy (non-hydrogen) atoms. The topological polar surface area (TPSA) is 286 Å². The highest BCUT2D eigenvalue weighted by Gasteiger charge is 2.58. The molecular formula is C64H190O31Si31. The molecule has 0 aliphatic heterocycles. The summed E-state index contributed by atoms with van der Waals surface area (Å²) in [5.41, 5.74) is 1.83. The first-order valence-corrected chi connectivity index (χ1v) is 132. The van der Waals surface area contributed by atoms with E-state index in [4.69, 9.17) is 128 Å². The van der Waals surface area contributed by atoms with E-state index in [9.17, 15) is 0 Å². The van der Waals surface area contributed by atoms with E-state index in [1.807, 2.05) is 150 Å². The maximum absolute atomic E-state index is 7.03. The van der Waals surface area contributed by atoms with Gasteiger partial charge in [0.2, 0.25) is 0 Å². The minimum absolute atomic E-state index is 1.29. The summed E-state index contributed by atoms with van der Waals surface area (Å²) in [5, 5.41) is 0. The average molecular weight is 2330 g/mol. The van der Waals surface area contributed by atoms with Crippen LogP contribution in [0.2, 0.25) is 406 Å². The molecule has 0 saturated carbocycles. The molecule has 31 nitrogen and oxygen atoms in total. The maximum Gasteiger partial charge on any atom is 0.358 e. The molecule has 0 radical (unpaired) electrons. The van der Waals surface area contributed by atoms with Crippen LogP contribution in [-0.2, 0) is 128 Å². The van der Waals surface area contributed by atoms with E-state index in [0.29, 0.717) is 0 Å². The molecule has 0 aliphatic rings. The van der Waals surface area contributed by atoms with Crippen molar-refractivity contribution in [2.75, 3.05) is 0 Å². The predicted octanol–water partition coefficient (Wildman–Crippen LogP) is 22.7. The van der Waals surface area contributed by atoms with Crippen LogP contribution in [0, 0.1) is 0 Å². The van der Waals surface area contributed by atoms with Gasteiger partial charge in [0, 0.05) is 0 Å². The van der Waals surface area contributed by atoms with Crippen molar-refractivity contribution in [1.29, 1.82) is 0 Å². The van der Waals surface area contributed by atoms with Crippen LogP contribution in [0.1, 0.15) is 0 Å². The molecule has 0 spiro atoms. The van der Waals surface area contributed by atoms with E-state index < -0.39 is 266 Å². The predicted molar refractivity (Wildman–Crippen MR) is 587 cm³/mol. The Kier molecular flexibility index (Phi) is 46.7. The molecular weight excluding hydrogens is 2140 g/mol. The molecule has 0 aromatic rings. The Morgan fingerprint density at radius 2 is 0.206 bits per heavy atom. The zero-order valence-corrected chi connectivity index (χ0v) is 123. The molecule has 756 valence electrons. The first-order chi connectivity index (χ1) is 54.0. The fraction of sp³-hybridized carbons (Fsp3) is 0.969. The average Bonchev–Trinajstić information content (AvgIpc) is 0.836. The van der Waals surface area contributed by atoms with E-state index in [-0.39, 0.29) is 0 Å². The molecule has 0 aliphatic carbocycles. The van der Waals surface area contributed by atoms with Gasteiger partial charge in [0.25, 0.3) is 8.32 Å². The fourth-order valence-corrected chi connectivity index (χ4v) is 172. The van der Waals surface area contributed by atoms with E-state index in [1.54, 1.807) is 0 Å². The Morgan fingerprint density at radius 3 is 0.286 bits per heavy atom. The van der Waals surface area contributed by atoms with Crippen LogP contribution in [-0.4, -0.2) is 266 Å². The Labute approximate surface area is 804 Å². The van der Waals surface area contributed by atoms with Crippen molar-refractivity contribution < 1.29 is 128 Å². The molecule has 0 atom stereocenters. The summed E-state index contributed by atoms with van der Waals surface area (Å²) in [5.74, 6) is 0. The highest BCUT2D eigenvalue weighted by atomic mass is 28.6. The lowest BCUT2D eigenvalue weighted by Crippen LogP contribution is -2.63. The van der Waals surface area contributed by atoms with Crippen LogP contribution in [0.25, 0.3) is 0 Å². The largest absolute Gasteiger partial charge is 0.440 e. The zero-order valence-electron chi connectivity index (χ0n) is 91.5. The van der Waals surface area contributed by atoms with Crippen LogP contribution in [0.3, 0.4) is 0 Å². The van der Waals surface area contributed by atoms with Gasteiger partial charge in [-0.15, -0.1) is 6.58 Å². The first kappa shape index (κ1) is 131. The van der Waals surface area contributed by atoms with Gasteiger partial charge in [-0.05, 0) is 406 Å². The van der Waals surface area contributed by atoms with Crippen molar-refractivity contribution in [2.45, 2.75) is 406 Å². The van der Waals surface area contributed by atoms with Crippen molar-refractivity contribution in [3.8, 4) is 0 Å². The third kappa shape index (κ3) is 60.0. The van der Waals surface area contributed by atoms with Crippen molar-refractivity contribution in [1.82, 2.24) is 0 Å². The SMILES string of the molecule is C=C[Si](C)(C)OO[Si](C)(C)O[Si](C)(C)O[Si](C)(C)O[Si](C)(C)O[Si](C)(C)O[Si](C)(C)O[Si](C)(C)O[Si](C)(C)O[Si](C)(C)O[Si](C)(C)O[Si](C)(C)O[Si](C)(C)O[Si](C)(C)O[Si](C)(C)O[Si](C)(C)O[Si](C)(C)O[Si](C)(C)O[Si](C)(C)O[Si](C)(C)O[Si](C)(C)O[Si](C)(C)O[Si](C)(C)O[Si](C)(C)O[Si](C)(C)O[Si](C)(C)O[Si](C)(C)O[Si](C)(C)O[Si](C)(C)O[Si](C)(C)O[SiH](C)C. The first-order valence-electron chi connectivity index (χ1n) is 44.3. The van der Waals surface area contributed by atoms with Crippen molar-refractivity contribution >= 4 is 266 Å². The quantitative estimate of drug-likeness (QED) is 0.0310. The van der Waals surface area contributed by atoms with E-state index in [0.717, 1.165) is 0 Å². The molecule has 0 rings (SSSR count). The standard InChI is InChI=1S/C64H190O31Si31/c1-64-97(4,5)65-66-98(6,7)68-100(10,11)70-102(14,15)72-104(18,19)74-106(22,23)76-108(26,27)78-110(30,31)80-112(34,35)82-114(38,39)84-116(42,43)86-118(46,47)88-120(50,51)90-122(54,55)92-124(58,59)94-126(62,63)95-125(60,61)93-123(56,57)91-121(52,53)89-119(48,49)87-117(44,45)85-115(40,41)83-113(36,37)81-111(32,33)79-109(28,29)77-107(24,25)75-105(20,21)73-103(16,17)71-101(12,13)69-99(8,9)67-96(2)3/h64,96H,1H2,2-63H3. The highest BCUT2D eigenvalue weighted by molar-refractivity contribution is 6.99. The Hall–Kier alpha value is 5.22. The monoisotopic (exact) mass is 2320 g/mol. The van der Waals surface area contributed by atoms with Gasteiger partial charge in [-0.1, -0.05) is 5.70 Å². The van der Waals surface area contributed by atoms with Gasteiger partial charge in [0.15, 0.2) is 9.04 Å². The Morgan fingerprint density at radius 1 is 0.127 bits per heavy atom. The molecule has 0 bridgehead atoms. The van der Waals surface area contributed by atoms with E-state index in [1.165, 1.54) is 0 Å². The molecule has 62 heteroatoms. The molecule has 0 aromatic carbocycles. The minimum Gasteiger partial charge on any atom is -0.440 e. The molecule has 0 aromatic heterocycles. The lowest BCUT2D eigenvalue weighted by atomic mass is 11.3. The van der Waals surface area contributed by atoms with Gasteiger partial charge >= 0.3 is 248 Å². The van der Waals surface area contributed by atoms with E-state index in [2.05, 4.69) is 268 Å². The van der Waals surface area contributed by atoms with Crippen molar-refractivity contribution in [2.24, 2.45) is 0 Å². The third-order valence-corrected chi connectivity index (χ3v) is 132. The van der Waals surface area contributed by atoms with Crippen molar-refractivity contribution in [3.63, 3.8) is 0 Å². The highest BCUT2D eigenvalue weighted by Crippen LogP contribution is 2.39. The second-order valence-corrected chi connectivity index (χ2v) is 158. The second-order valence-electron chi connectivity index (χ2n) is 46.6. The second kappa shape index (κ2) is 44.8. The summed E-state index contributed by atoms with van der Waals surface area (Å²) >= 11 is 0. The molecule has 0 fully saturated rings. The van der Waals surface area contributed by atoms with Crippen LogP contribution in [0.4, 0.5) is 0 Å². The van der Waals surface area contributed by atoms with Gasteiger partial charge in [-0.25, -0.2) is 0 Å². The Balaban J connectivity index is 5.97. The third-order valence-electron chi connectivity index (χ3n) is 15.2. The van der Waals surface area contributed by atoms with Gasteiger partial charge in [0.1, 0.15) is 0 Å². The number of hydrogen-bond acceptors (Lipinski definition) is 31. The summed E-state index contributed by atoms with van der Waals surface area (Å²) in [6.45, 7) is 131. The number of hydrogen-bond donors (Lipinski definition) is 0. The maximum atomic E-state index is 7.03. The summed E-state index contributed by atoms with van der Waals surface area (Å²) in [7, 11) is -86.3. The molecule has 0 unspecified atom stereocenters. The van der Waals surface area contributed by atoms with Crippen LogP contribution in [0.5, 0.6) is 0 Å². The summed E-state index contributed by atoms with van der Waals surface area (Å²) in [6.07, 6.45) is 0. The molecule has 0 amide bonds. The lowest BCUT2D eigenvalue weighted by molar-refractivity contribution is -0.137. The lowest BCUT2D eigenvalue weighted by Gasteiger charge is -2.45. The smallest absolute Gasteiger partial charge is 0.358 e. The minimum atomic E-state index is -2.94. The zero-order chi connectivity index (χ0) is 101. The van der Waals surface area contributed by atoms with Gasteiger partial charge in [0.05, 0.1) is 0 Å². The van der Waals surface area contributed by atoms with Gasteiger partial charge in [-0.3, -0.25) is 9.15 Å². The fourth-order valence-electron chi connectivity index (χ4n) is 18.0. The van der Waals surface area contributed by atoms with Crippen LogP contribution >= 0.6 is 0 Å². The molecule has 0 saturated heterocycles. The summed E-state index contributed by atoms with van der Waals surface area (Å²) in [4.78, 5) is 0. The van der Waals surface area contributed by atoms with Gasteiger partial charge < -0.3 is 119 Å². The summed E-state index contributed by atoms with van der Waals surface area (Å²) in [6, 6.07) is 0. The normalized spacial score (nSPS) is 16.2. The van der Waals surface area contributed by atoms with Crippen LogP contribution < -0.4 is 0 Å². The Bertz CT molecular complexity index is 3320. The molecule has 0 N–H and O–H groups in total. The van der Waals surface area contributed by atoms with Gasteiger partial charge in [-0.2, -0.15) is 0 Å². The number of rotatable bonds is 62. The van der Waals surface area contributed by atoms with Crippen LogP contribution in [0.15, 0.2) is 12.3 Å². The van der Waals surface area contributed by atoms with E-state index >= 15 is 0 Å². The summed E-state index contributed by atoms with van der Waals surface area (Å²) < 4.78 is 212. The molecule has 0 heterocycles.